The van der Waals surface area contributed by atoms with Crippen LogP contribution in [0, 0.1) is 0 Å². The summed E-state index contributed by atoms with van der Waals surface area (Å²) in [6.45, 7) is 4.67. The lowest BCUT2D eigenvalue weighted by Crippen LogP contribution is -2.31. The van der Waals surface area contributed by atoms with Crippen LogP contribution in [0.15, 0.2) is 53.4 Å². The molecular formula is C23H26N2O3S. The van der Waals surface area contributed by atoms with Gasteiger partial charge in [-0.2, -0.15) is 0 Å². The molecule has 29 heavy (non-hydrogen) atoms. The molecule has 0 bridgehead atoms. The smallest absolute Gasteiger partial charge is 0.272 e. The number of anilines is 2. The standard InChI is InChI=1S/C23H26N2O3S/c1-5-15-28-19-13-7-16(8-14-19)20-21(29-6-2)23(27)25(22(20)26)18-11-9-17(10-12-18)24(3)4/h7-14H,5-6,15H2,1-4H3. The topological polar surface area (TPSA) is 49.9 Å². The van der Waals surface area contributed by atoms with Crippen LogP contribution < -0.4 is 14.5 Å². The summed E-state index contributed by atoms with van der Waals surface area (Å²) in [5.74, 6) is 0.920. The molecule has 1 aliphatic heterocycles. The van der Waals surface area contributed by atoms with Crippen molar-refractivity contribution >= 4 is 40.5 Å². The molecule has 1 aliphatic rings. The quantitative estimate of drug-likeness (QED) is 0.596. The average molecular weight is 411 g/mol. The summed E-state index contributed by atoms with van der Waals surface area (Å²) in [5, 5.41) is 0. The van der Waals surface area contributed by atoms with Gasteiger partial charge in [0.2, 0.25) is 0 Å². The largest absolute Gasteiger partial charge is 0.494 e. The van der Waals surface area contributed by atoms with Gasteiger partial charge in [0.05, 0.1) is 22.8 Å². The molecule has 2 aromatic carbocycles. The van der Waals surface area contributed by atoms with E-state index in [1.54, 1.807) is 0 Å². The fourth-order valence-corrected chi connectivity index (χ4v) is 3.97. The molecule has 0 N–H and O–H groups in total. The van der Waals surface area contributed by atoms with Crippen LogP contribution in [0.1, 0.15) is 25.8 Å². The van der Waals surface area contributed by atoms with Crippen molar-refractivity contribution < 1.29 is 14.3 Å². The van der Waals surface area contributed by atoms with Gasteiger partial charge < -0.3 is 9.64 Å². The molecule has 2 aromatic rings. The second-order valence-electron chi connectivity index (χ2n) is 6.87. The van der Waals surface area contributed by atoms with E-state index in [2.05, 4.69) is 6.92 Å². The number of thioether (sulfide) groups is 1. The molecule has 1 heterocycles. The zero-order valence-electron chi connectivity index (χ0n) is 17.3. The summed E-state index contributed by atoms with van der Waals surface area (Å²) in [4.78, 5) is 30.1. The van der Waals surface area contributed by atoms with E-state index in [0.717, 1.165) is 23.4 Å². The van der Waals surface area contributed by atoms with Crippen molar-refractivity contribution in [3.05, 3.63) is 59.0 Å². The summed E-state index contributed by atoms with van der Waals surface area (Å²) in [5.41, 5.74) is 2.78. The highest BCUT2D eigenvalue weighted by Crippen LogP contribution is 2.39. The van der Waals surface area contributed by atoms with E-state index in [9.17, 15) is 9.59 Å². The van der Waals surface area contributed by atoms with E-state index in [1.807, 2.05) is 74.4 Å². The molecule has 0 spiro atoms. The number of nitrogens with zero attached hydrogens (tertiary/aromatic N) is 2. The van der Waals surface area contributed by atoms with Gasteiger partial charge >= 0.3 is 0 Å². The number of hydrogen-bond acceptors (Lipinski definition) is 5. The van der Waals surface area contributed by atoms with Gasteiger partial charge in [0.15, 0.2) is 0 Å². The predicted octanol–water partition coefficient (Wildman–Crippen LogP) is 4.58. The first-order valence-electron chi connectivity index (χ1n) is 9.74. The first-order valence-corrected chi connectivity index (χ1v) is 10.7. The maximum atomic E-state index is 13.3. The number of imide groups is 1. The van der Waals surface area contributed by atoms with Crippen LogP contribution in [0.3, 0.4) is 0 Å². The van der Waals surface area contributed by atoms with Crippen LogP contribution in [0.5, 0.6) is 5.75 Å². The van der Waals surface area contributed by atoms with Gasteiger partial charge in [0.1, 0.15) is 5.75 Å². The molecule has 5 nitrogen and oxygen atoms in total. The summed E-state index contributed by atoms with van der Waals surface area (Å²) in [6.07, 6.45) is 0.929. The molecule has 2 amide bonds. The molecule has 152 valence electrons. The van der Waals surface area contributed by atoms with Crippen LogP contribution in [0.25, 0.3) is 5.57 Å². The minimum absolute atomic E-state index is 0.263. The molecule has 6 heteroatoms. The first-order chi connectivity index (χ1) is 14.0. The van der Waals surface area contributed by atoms with E-state index in [4.69, 9.17) is 4.74 Å². The highest BCUT2D eigenvalue weighted by Gasteiger charge is 2.39. The molecule has 0 radical (unpaired) electrons. The van der Waals surface area contributed by atoms with Gasteiger partial charge in [-0.05, 0) is 54.1 Å². The molecule has 3 rings (SSSR count). The van der Waals surface area contributed by atoms with Crippen molar-refractivity contribution in [1.82, 2.24) is 0 Å². The second-order valence-corrected chi connectivity index (χ2v) is 8.14. The van der Waals surface area contributed by atoms with E-state index >= 15 is 0 Å². The maximum Gasteiger partial charge on any atom is 0.272 e. The van der Waals surface area contributed by atoms with Crippen molar-refractivity contribution in [1.29, 1.82) is 0 Å². The lowest BCUT2D eigenvalue weighted by molar-refractivity contribution is -0.119. The molecule has 0 aliphatic carbocycles. The molecule has 0 saturated carbocycles. The van der Waals surface area contributed by atoms with E-state index in [-0.39, 0.29) is 11.8 Å². The number of rotatable bonds is 8. The number of benzene rings is 2. The van der Waals surface area contributed by atoms with Crippen molar-refractivity contribution in [2.24, 2.45) is 0 Å². The summed E-state index contributed by atoms with van der Waals surface area (Å²) >= 11 is 1.41. The van der Waals surface area contributed by atoms with E-state index in [1.165, 1.54) is 16.7 Å². The van der Waals surface area contributed by atoms with Crippen LogP contribution in [-0.4, -0.2) is 38.3 Å². The zero-order valence-corrected chi connectivity index (χ0v) is 18.1. The summed E-state index contributed by atoms with van der Waals surface area (Å²) in [6, 6.07) is 14.8. The van der Waals surface area contributed by atoms with Gasteiger partial charge in [-0.1, -0.05) is 26.0 Å². The van der Waals surface area contributed by atoms with Crippen molar-refractivity contribution in [3.63, 3.8) is 0 Å². The Morgan fingerprint density at radius 2 is 1.59 bits per heavy atom. The Balaban J connectivity index is 1.94. The Kier molecular flexibility index (Phi) is 6.64. The second kappa shape index (κ2) is 9.18. The van der Waals surface area contributed by atoms with E-state index in [0.29, 0.717) is 28.5 Å². The van der Waals surface area contributed by atoms with Crippen molar-refractivity contribution in [2.45, 2.75) is 20.3 Å². The van der Waals surface area contributed by atoms with Crippen molar-refractivity contribution in [2.75, 3.05) is 36.3 Å². The molecule has 0 fully saturated rings. The minimum atomic E-state index is -0.286. The number of carbonyl (C=O) groups excluding carboxylic acids is 2. The Labute approximate surface area is 176 Å². The SMILES string of the molecule is CCCOc1ccc(C2=C(SCC)C(=O)N(c3ccc(N(C)C)cc3)C2=O)cc1. The fourth-order valence-electron chi connectivity index (χ4n) is 3.11. The Morgan fingerprint density at radius 1 is 0.931 bits per heavy atom. The van der Waals surface area contributed by atoms with Gasteiger partial charge in [0, 0.05) is 19.8 Å². The molecular weight excluding hydrogens is 384 g/mol. The van der Waals surface area contributed by atoms with Crippen LogP contribution in [0.4, 0.5) is 11.4 Å². The molecule has 0 aromatic heterocycles. The molecule has 0 atom stereocenters. The minimum Gasteiger partial charge on any atom is -0.494 e. The third-order valence-electron chi connectivity index (χ3n) is 4.57. The third-order valence-corrected chi connectivity index (χ3v) is 5.53. The monoisotopic (exact) mass is 410 g/mol. The molecule has 0 saturated heterocycles. The summed E-state index contributed by atoms with van der Waals surface area (Å²) < 4.78 is 5.63. The lowest BCUT2D eigenvalue weighted by atomic mass is 10.1. The fraction of sp³-hybridized carbons (Fsp3) is 0.304. The van der Waals surface area contributed by atoms with Crippen molar-refractivity contribution in [3.8, 4) is 5.75 Å². The van der Waals surface area contributed by atoms with Gasteiger partial charge in [-0.15, -0.1) is 11.8 Å². The zero-order chi connectivity index (χ0) is 21.0. The van der Waals surface area contributed by atoms with Gasteiger partial charge in [0.25, 0.3) is 11.8 Å². The normalized spacial score (nSPS) is 14.0. The highest BCUT2D eigenvalue weighted by molar-refractivity contribution is 8.04. The third kappa shape index (κ3) is 4.32. The Bertz CT molecular complexity index is 918. The first kappa shape index (κ1) is 21.0. The van der Waals surface area contributed by atoms with Crippen LogP contribution in [0.2, 0.25) is 0 Å². The van der Waals surface area contributed by atoms with Gasteiger partial charge in [-0.3, -0.25) is 9.59 Å². The molecule has 0 unspecified atom stereocenters. The lowest BCUT2D eigenvalue weighted by Gasteiger charge is -2.17. The van der Waals surface area contributed by atoms with Gasteiger partial charge in [-0.25, -0.2) is 4.90 Å². The maximum absolute atomic E-state index is 13.3. The predicted molar refractivity (Wildman–Crippen MR) is 121 cm³/mol. The number of carbonyl (C=O) groups is 2. The van der Waals surface area contributed by atoms with Crippen LogP contribution in [-0.2, 0) is 9.59 Å². The Morgan fingerprint density at radius 3 is 2.14 bits per heavy atom. The highest BCUT2D eigenvalue weighted by atomic mass is 32.2. The number of amides is 2. The Hall–Kier alpha value is -2.73. The number of hydrogen-bond donors (Lipinski definition) is 0. The van der Waals surface area contributed by atoms with Crippen LogP contribution >= 0.6 is 11.8 Å². The summed E-state index contributed by atoms with van der Waals surface area (Å²) in [7, 11) is 3.90. The number of ether oxygens (including phenoxy) is 1. The average Bonchev–Trinajstić information content (AvgIpc) is 2.97. The van der Waals surface area contributed by atoms with E-state index < -0.39 is 0 Å².